The average molecular weight is 280 g/mol. The summed E-state index contributed by atoms with van der Waals surface area (Å²) in [5, 5.41) is 2.14. The van der Waals surface area contributed by atoms with E-state index < -0.39 is 0 Å². The van der Waals surface area contributed by atoms with Gasteiger partial charge in [-0.1, -0.05) is 6.92 Å². The van der Waals surface area contributed by atoms with Crippen molar-refractivity contribution in [1.29, 1.82) is 0 Å². The van der Waals surface area contributed by atoms with E-state index in [0.717, 1.165) is 25.8 Å². The van der Waals surface area contributed by atoms with Crippen molar-refractivity contribution in [3.8, 4) is 0 Å². The van der Waals surface area contributed by atoms with Crippen molar-refractivity contribution in [2.75, 3.05) is 6.54 Å². The molecule has 0 spiro atoms. The van der Waals surface area contributed by atoms with Gasteiger partial charge < -0.3 is 10.6 Å². The van der Waals surface area contributed by atoms with Gasteiger partial charge in [0.05, 0.1) is 6.04 Å². The molecular formula is C15H24N2OS. The third-order valence-electron chi connectivity index (χ3n) is 3.79. The summed E-state index contributed by atoms with van der Waals surface area (Å²) >= 11 is 1.82. The zero-order chi connectivity index (χ0) is 14.0. The van der Waals surface area contributed by atoms with Gasteiger partial charge in [-0.05, 0) is 50.1 Å². The largest absolute Gasteiger partial charge is 0.335 e. The van der Waals surface area contributed by atoms with E-state index in [0.29, 0.717) is 6.42 Å². The van der Waals surface area contributed by atoms with E-state index in [1.54, 1.807) is 0 Å². The first-order chi connectivity index (χ1) is 8.92. The lowest BCUT2D eigenvalue weighted by molar-refractivity contribution is -0.134. The van der Waals surface area contributed by atoms with E-state index in [2.05, 4.69) is 23.3 Å². The van der Waals surface area contributed by atoms with Gasteiger partial charge in [-0.3, -0.25) is 4.79 Å². The zero-order valence-corrected chi connectivity index (χ0v) is 12.9. The van der Waals surface area contributed by atoms with E-state index in [9.17, 15) is 4.79 Å². The van der Waals surface area contributed by atoms with E-state index in [-0.39, 0.29) is 17.5 Å². The second-order valence-electron chi connectivity index (χ2n) is 6.05. The van der Waals surface area contributed by atoms with E-state index in [1.807, 2.05) is 25.2 Å². The molecule has 2 N–H and O–H groups in total. The predicted molar refractivity (Wildman–Crippen MR) is 80.3 cm³/mol. The Morgan fingerprint density at radius 1 is 1.58 bits per heavy atom. The van der Waals surface area contributed by atoms with Crippen molar-refractivity contribution in [1.82, 2.24) is 4.90 Å². The molecule has 1 atom stereocenters. The van der Waals surface area contributed by atoms with Crippen LogP contribution >= 0.6 is 11.3 Å². The highest BCUT2D eigenvalue weighted by Gasteiger charge is 2.30. The van der Waals surface area contributed by atoms with Crippen LogP contribution in [0.1, 0.15) is 56.5 Å². The minimum Gasteiger partial charge on any atom is -0.335 e. The van der Waals surface area contributed by atoms with Crippen molar-refractivity contribution >= 4 is 17.2 Å². The van der Waals surface area contributed by atoms with Crippen LogP contribution in [0.2, 0.25) is 0 Å². The summed E-state index contributed by atoms with van der Waals surface area (Å²) in [6, 6.07) is 2.45. The third-order valence-corrected chi connectivity index (χ3v) is 4.78. The highest BCUT2D eigenvalue weighted by Crippen LogP contribution is 2.35. The van der Waals surface area contributed by atoms with Crippen molar-refractivity contribution in [3.63, 3.8) is 0 Å². The second kappa shape index (κ2) is 5.63. The fourth-order valence-electron chi connectivity index (χ4n) is 2.71. The van der Waals surface area contributed by atoms with Gasteiger partial charge in [0, 0.05) is 23.4 Å². The van der Waals surface area contributed by atoms with Crippen LogP contribution in [-0.4, -0.2) is 22.9 Å². The Kier molecular flexibility index (Phi) is 4.31. The number of carbonyl (C=O) groups is 1. The van der Waals surface area contributed by atoms with Gasteiger partial charge >= 0.3 is 0 Å². The lowest BCUT2D eigenvalue weighted by Gasteiger charge is -2.36. The van der Waals surface area contributed by atoms with Gasteiger partial charge in [0.1, 0.15) is 0 Å². The first-order valence-electron chi connectivity index (χ1n) is 7.07. The van der Waals surface area contributed by atoms with E-state index >= 15 is 0 Å². The first kappa shape index (κ1) is 14.5. The molecule has 1 aliphatic rings. The van der Waals surface area contributed by atoms with Gasteiger partial charge in [0.2, 0.25) is 5.91 Å². The van der Waals surface area contributed by atoms with Crippen LogP contribution in [0.25, 0.3) is 0 Å². The third kappa shape index (κ3) is 3.37. The molecule has 2 rings (SSSR count). The number of hydrogen-bond acceptors (Lipinski definition) is 3. The quantitative estimate of drug-likeness (QED) is 0.921. The molecule has 0 aromatic carbocycles. The van der Waals surface area contributed by atoms with Gasteiger partial charge in [-0.2, -0.15) is 0 Å². The molecule has 106 valence electrons. The van der Waals surface area contributed by atoms with Crippen LogP contribution in [0.4, 0.5) is 0 Å². The summed E-state index contributed by atoms with van der Waals surface area (Å²) in [5.41, 5.74) is 7.07. The van der Waals surface area contributed by atoms with E-state index in [4.69, 9.17) is 5.73 Å². The van der Waals surface area contributed by atoms with Crippen molar-refractivity contribution < 1.29 is 4.79 Å². The molecule has 0 radical (unpaired) electrons. The fourth-order valence-corrected chi connectivity index (χ4v) is 3.64. The standard InChI is InChI=1S/C15H24N2OS/c1-4-12-11-7-10-19-13(11)6-9-17(12)14(18)5-8-15(2,3)16/h7,10,12H,4-6,8-9,16H2,1-3H3. The molecule has 0 saturated carbocycles. The zero-order valence-electron chi connectivity index (χ0n) is 12.1. The SMILES string of the molecule is CCC1c2ccsc2CCN1C(=O)CCC(C)(C)N. The first-order valence-corrected chi connectivity index (χ1v) is 7.95. The molecule has 19 heavy (non-hydrogen) atoms. The Balaban J connectivity index is 2.06. The molecule has 1 amide bonds. The van der Waals surface area contributed by atoms with Crippen molar-refractivity contribution in [2.45, 2.75) is 58.0 Å². The molecule has 3 nitrogen and oxygen atoms in total. The minimum atomic E-state index is -0.263. The van der Waals surface area contributed by atoms with Crippen LogP contribution in [0, 0.1) is 0 Å². The van der Waals surface area contributed by atoms with Crippen LogP contribution in [0.3, 0.4) is 0 Å². The van der Waals surface area contributed by atoms with Crippen LogP contribution < -0.4 is 5.73 Å². The number of nitrogens with zero attached hydrogens (tertiary/aromatic N) is 1. The predicted octanol–water partition coefficient (Wildman–Crippen LogP) is 3.10. The van der Waals surface area contributed by atoms with Crippen molar-refractivity contribution in [2.24, 2.45) is 5.73 Å². The fraction of sp³-hybridized carbons (Fsp3) is 0.667. The Labute approximate surface area is 119 Å². The summed E-state index contributed by atoms with van der Waals surface area (Å²) in [6.45, 7) is 6.97. The maximum atomic E-state index is 12.4. The molecule has 1 aliphatic heterocycles. The molecular weight excluding hydrogens is 256 g/mol. The second-order valence-corrected chi connectivity index (χ2v) is 7.05. The molecule has 0 saturated heterocycles. The minimum absolute atomic E-state index is 0.252. The highest BCUT2D eigenvalue weighted by atomic mass is 32.1. The lowest BCUT2D eigenvalue weighted by Crippen LogP contribution is -2.41. The maximum Gasteiger partial charge on any atom is 0.223 e. The van der Waals surface area contributed by atoms with Gasteiger partial charge in [0.15, 0.2) is 0 Å². The Morgan fingerprint density at radius 3 is 2.95 bits per heavy atom. The number of hydrogen-bond donors (Lipinski definition) is 1. The Bertz CT molecular complexity index is 447. The summed E-state index contributed by atoms with van der Waals surface area (Å²) in [6.07, 6.45) is 3.29. The van der Waals surface area contributed by atoms with Crippen LogP contribution in [-0.2, 0) is 11.2 Å². The molecule has 1 unspecified atom stereocenters. The maximum absolute atomic E-state index is 12.4. The lowest BCUT2D eigenvalue weighted by atomic mass is 9.95. The molecule has 2 heterocycles. The summed E-state index contributed by atoms with van der Waals surface area (Å²) in [5.74, 6) is 0.252. The molecule has 1 aromatic rings. The number of carbonyl (C=O) groups excluding carboxylic acids is 1. The summed E-state index contributed by atoms with van der Waals surface area (Å²) in [7, 11) is 0. The van der Waals surface area contributed by atoms with Crippen LogP contribution in [0.5, 0.6) is 0 Å². The summed E-state index contributed by atoms with van der Waals surface area (Å²) < 4.78 is 0. The monoisotopic (exact) mass is 280 g/mol. The molecule has 4 heteroatoms. The average Bonchev–Trinajstić information content (AvgIpc) is 2.81. The van der Waals surface area contributed by atoms with Gasteiger partial charge in [-0.25, -0.2) is 0 Å². The molecule has 0 fully saturated rings. The summed E-state index contributed by atoms with van der Waals surface area (Å²) in [4.78, 5) is 15.9. The van der Waals surface area contributed by atoms with E-state index in [1.165, 1.54) is 10.4 Å². The van der Waals surface area contributed by atoms with Crippen LogP contribution in [0.15, 0.2) is 11.4 Å². The Morgan fingerprint density at radius 2 is 2.32 bits per heavy atom. The number of fused-ring (bicyclic) bond motifs is 1. The highest BCUT2D eigenvalue weighted by molar-refractivity contribution is 7.10. The number of amides is 1. The number of nitrogens with two attached hydrogens (primary N) is 1. The van der Waals surface area contributed by atoms with Crippen molar-refractivity contribution in [3.05, 3.63) is 21.9 Å². The van der Waals surface area contributed by atoms with Gasteiger partial charge in [0.25, 0.3) is 0 Å². The number of thiophene rings is 1. The topological polar surface area (TPSA) is 46.3 Å². The molecule has 1 aromatic heterocycles. The number of rotatable bonds is 4. The molecule has 0 bridgehead atoms. The van der Waals surface area contributed by atoms with Gasteiger partial charge in [-0.15, -0.1) is 11.3 Å². The normalized spacial score (nSPS) is 19.4. The molecule has 0 aliphatic carbocycles. The Hall–Kier alpha value is -0.870. The smallest absolute Gasteiger partial charge is 0.223 e.